The van der Waals surface area contributed by atoms with Crippen molar-refractivity contribution in [3.05, 3.63) is 42.5 Å². The predicted octanol–water partition coefficient (Wildman–Crippen LogP) is 2.88. The van der Waals surface area contributed by atoms with Crippen LogP contribution in [0.1, 0.15) is 19.8 Å². The predicted molar refractivity (Wildman–Crippen MR) is 92.6 cm³/mol. The zero-order valence-electron chi connectivity index (χ0n) is 12.7. The second-order valence-electron chi connectivity index (χ2n) is 5.22. The first-order valence-electron chi connectivity index (χ1n) is 7.29. The van der Waals surface area contributed by atoms with E-state index in [4.69, 9.17) is 10.5 Å². The number of fused-ring (bicyclic) bond motifs is 1. The first kappa shape index (κ1) is 18.3. The summed E-state index contributed by atoms with van der Waals surface area (Å²) >= 11 is 0. The molecular weight excluding hydrogens is 300 g/mol. The van der Waals surface area contributed by atoms with Crippen LogP contribution in [0.15, 0.2) is 42.5 Å². The molecule has 1 amide bonds. The molecule has 3 N–H and O–H groups in total. The van der Waals surface area contributed by atoms with Crippen molar-refractivity contribution in [3.8, 4) is 5.75 Å². The molecule has 1 unspecified atom stereocenters. The minimum atomic E-state index is 0. The minimum Gasteiger partial charge on any atom is -0.492 e. The third-order valence-electron chi connectivity index (χ3n) is 3.24. The topological polar surface area (TPSA) is 64.4 Å². The summed E-state index contributed by atoms with van der Waals surface area (Å²) in [6, 6.07) is 14.2. The molecule has 2 aromatic carbocycles. The van der Waals surface area contributed by atoms with E-state index in [9.17, 15) is 4.79 Å². The summed E-state index contributed by atoms with van der Waals surface area (Å²) in [6.07, 6.45) is 1.17. The maximum absolute atomic E-state index is 11.5. The summed E-state index contributed by atoms with van der Waals surface area (Å²) in [7, 11) is 0. The Hall–Kier alpha value is -1.78. The number of halogens is 1. The van der Waals surface area contributed by atoms with Gasteiger partial charge in [-0.1, -0.05) is 30.3 Å². The normalized spacial score (nSPS) is 11.5. The number of carbonyl (C=O) groups is 1. The summed E-state index contributed by atoms with van der Waals surface area (Å²) in [5, 5.41) is 5.16. The maximum atomic E-state index is 11.5. The summed E-state index contributed by atoms with van der Waals surface area (Å²) in [6.45, 7) is 2.86. The Morgan fingerprint density at radius 3 is 2.68 bits per heavy atom. The Labute approximate surface area is 137 Å². The van der Waals surface area contributed by atoms with Crippen LogP contribution in [0.3, 0.4) is 0 Å². The van der Waals surface area contributed by atoms with Crippen LogP contribution in [0.2, 0.25) is 0 Å². The fraction of sp³-hybridized carbons (Fsp3) is 0.353. The lowest BCUT2D eigenvalue weighted by Gasteiger charge is -2.09. The van der Waals surface area contributed by atoms with Crippen LogP contribution < -0.4 is 15.8 Å². The van der Waals surface area contributed by atoms with Crippen LogP contribution in [0.25, 0.3) is 10.8 Å². The summed E-state index contributed by atoms with van der Waals surface area (Å²) in [5.41, 5.74) is 5.61. The second kappa shape index (κ2) is 9.28. The number of ether oxygens (including phenoxy) is 1. The molecule has 0 heterocycles. The highest BCUT2D eigenvalue weighted by Gasteiger charge is 2.03. The van der Waals surface area contributed by atoms with E-state index in [0.29, 0.717) is 26.0 Å². The molecule has 0 saturated heterocycles. The van der Waals surface area contributed by atoms with Gasteiger partial charge in [-0.2, -0.15) is 0 Å². The van der Waals surface area contributed by atoms with E-state index >= 15 is 0 Å². The van der Waals surface area contributed by atoms with Gasteiger partial charge in [0.1, 0.15) is 12.4 Å². The molecule has 22 heavy (non-hydrogen) atoms. The van der Waals surface area contributed by atoms with Gasteiger partial charge in [-0.15, -0.1) is 12.4 Å². The van der Waals surface area contributed by atoms with Crippen molar-refractivity contribution in [2.24, 2.45) is 5.73 Å². The average Bonchev–Trinajstić information content (AvgIpc) is 2.49. The van der Waals surface area contributed by atoms with E-state index in [2.05, 4.69) is 17.4 Å². The Morgan fingerprint density at radius 2 is 1.95 bits per heavy atom. The number of rotatable bonds is 7. The van der Waals surface area contributed by atoms with Gasteiger partial charge in [0.05, 0.1) is 6.54 Å². The maximum Gasteiger partial charge on any atom is 0.220 e. The quantitative estimate of drug-likeness (QED) is 0.770. The summed E-state index contributed by atoms with van der Waals surface area (Å²) in [4.78, 5) is 11.5. The van der Waals surface area contributed by atoms with Gasteiger partial charge in [0.15, 0.2) is 0 Å². The molecule has 0 aliphatic heterocycles. The van der Waals surface area contributed by atoms with Crippen molar-refractivity contribution in [1.82, 2.24) is 5.32 Å². The minimum absolute atomic E-state index is 0. The molecule has 2 aromatic rings. The van der Waals surface area contributed by atoms with Crippen molar-refractivity contribution < 1.29 is 9.53 Å². The average molecular weight is 323 g/mol. The van der Waals surface area contributed by atoms with Gasteiger partial charge < -0.3 is 15.8 Å². The van der Waals surface area contributed by atoms with Crippen molar-refractivity contribution in [1.29, 1.82) is 0 Å². The first-order chi connectivity index (χ1) is 10.1. The van der Waals surface area contributed by atoms with E-state index in [1.165, 1.54) is 5.39 Å². The lowest BCUT2D eigenvalue weighted by atomic mass is 10.1. The highest BCUT2D eigenvalue weighted by atomic mass is 35.5. The van der Waals surface area contributed by atoms with Crippen LogP contribution >= 0.6 is 12.4 Å². The van der Waals surface area contributed by atoms with Crippen LogP contribution in [0.5, 0.6) is 5.75 Å². The fourth-order valence-electron chi connectivity index (χ4n) is 2.06. The smallest absolute Gasteiger partial charge is 0.220 e. The summed E-state index contributed by atoms with van der Waals surface area (Å²) < 4.78 is 5.65. The molecule has 0 aliphatic carbocycles. The number of hydrogen-bond donors (Lipinski definition) is 2. The van der Waals surface area contributed by atoms with Crippen LogP contribution in [0.4, 0.5) is 0 Å². The molecule has 4 nitrogen and oxygen atoms in total. The lowest BCUT2D eigenvalue weighted by Crippen LogP contribution is -2.29. The molecule has 0 saturated carbocycles. The molecule has 0 radical (unpaired) electrons. The first-order valence-corrected chi connectivity index (χ1v) is 7.29. The third-order valence-corrected chi connectivity index (χ3v) is 3.24. The fourth-order valence-corrected chi connectivity index (χ4v) is 2.06. The Balaban J connectivity index is 0.00000242. The Morgan fingerprint density at radius 1 is 1.23 bits per heavy atom. The molecular formula is C17H23ClN2O2. The van der Waals surface area contributed by atoms with Gasteiger partial charge in [-0.3, -0.25) is 4.79 Å². The van der Waals surface area contributed by atoms with Crippen LogP contribution in [-0.2, 0) is 4.79 Å². The molecule has 0 bridgehead atoms. The number of benzene rings is 2. The van der Waals surface area contributed by atoms with Gasteiger partial charge in [0.2, 0.25) is 5.91 Å². The number of nitrogens with two attached hydrogens (primary N) is 1. The van der Waals surface area contributed by atoms with Gasteiger partial charge >= 0.3 is 0 Å². The standard InChI is InChI=1S/C17H22N2O2.ClH/c1-13(18)6-9-17(20)19-10-11-21-16-8-7-14-4-2-3-5-15(14)12-16;/h2-5,7-8,12-13H,6,9-11,18H2,1H3,(H,19,20);1H. The van der Waals surface area contributed by atoms with Crippen LogP contribution in [-0.4, -0.2) is 25.1 Å². The van der Waals surface area contributed by atoms with E-state index in [-0.39, 0.29) is 24.4 Å². The second-order valence-corrected chi connectivity index (χ2v) is 5.22. The number of hydrogen-bond acceptors (Lipinski definition) is 3. The molecule has 2 rings (SSSR count). The van der Waals surface area contributed by atoms with Crippen molar-refractivity contribution >= 4 is 29.1 Å². The zero-order valence-corrected chi connectivity index (χ0v) is 13.6. The SMILES string of the molecule is CC(N)CCC(=O)NCCOc1ccc2ccccc2c1.Cl. The lowest BCUT2D eigenvalue weighted by molar-refractivity contribution is -0.121. The number of carbonyl (C=O) groups excluding carboxylic acids is 1. The number of amides is 1. The highest BCUT2D eigenvalue weighted by Crippen LogP contribution is 2.20. The molecule has 5 heteroatoms. The molecule has 120 valence electrons. The monoisotopic (exact) mass is 322 g/mol. The third kappa shape index (κ3) is 5.92. The van der Waals surface area contributed by atoms with E-state index in [1.807, 2.05) is 37.3 Å². The van der Waals surface area contributed by atoms with E-state index < -0.39 is 0 Å². The molecule has 0 aliphatic rings. The van der Waals surface area contributed by atoms with Gasteiger partial charge in [-0.05, 0) is 36.2 Å². The molecule has 0 aromatic heterocycles. The molecule has 0 fully saturated rings. The van der Waals surface area contributed by atoms with Crippen molar-refractivity contribution in [2.45, 2.75) is 25.8 Å². The Bertz CT molecular complexity index is 602. The zero-order chi connectivity index (χ0) is 15.1. The largest absolute Gasteiger partial charge is 0.492 e. The van der Waals surface area contributed by atoms with Crippen molar-refractivity contribution in [2.75, 3.05) is 13.2 Å². The highest BCUT2D eigenvalue weighted by molar-refractivity contribution is 5.85. The molecule has 1 atom stereocenters. The van der Waals surface area contributed by atoms with E-state index in [0.717, 1.165) is 11.1 Å². The van der Waals surface area contributed by atoms with E-state index in [1.54, 1.807) is 0 Å². The van der Waals surface area contributed by atoms with Crippen molar-refractivity contribution in [3.63, 3.8) is 0 Å². The Kier molecular flexibility index (Phi) is 7.71. The van der Waals surface area contributed by atoms with Gasteiger partial charge in [0.25, 0.3) is 0 Å². The van der Waals surface area contributed by atoms with Crippen LogP contribution in [0, 0.1) is 0 Å². The van der Waals surface area contributed by atoms with Gasteiger partial charge in [-0.25, -0.2) is 0 Å². The number of nitrogens with one attached hydrogen (secondary N) is 1. The summed E-state index contributed by atoms with van der Waals surface area (Å²) in [5.74, 6) is 0.841. The van der Waals surface area contributed by atoms with Gasteiger partial charge in [0, 0.05) is 12.5 Å². The molecule has 0 spiro atoms.